The van der Waals surface area contributed by atoms with Gasteiger partial charge in [0.1, 0.15) is 11.6 Å². The molecule has 0 N–H and O–H groups in total. The predicted octanol–water partition coefficient (Wildman–Crippen LogP) is 5.24. The number of halogens is 4. The van der Waals surface area contributed by atoms with Crippen molar-refractivity contribution in [3.05, 3.63) is 71.3 Å². The second-order valence-corrected chi connectivity index (χ2v) is 5.95. The molecule has 0 saturated heterocycles. The topological polar surface area (TPSA) is 0 Å². The van der Waals surface area contributed by atoms with Crippen molar-refractivity contribution in [1.82, 2.24) is 0 Å². The van der Waals surface area contributed by atoms with Gasteiger partial charge in [-0.05, 0) is 35.7 Å². The van der Waals surface area contributed by atoms with E-state index in [9.17, 15) is 8.78 Å². The number of hydrogen-bond donors (Lipinski definition) is 0. The molecule has 2 aromatic rings. The monoisotopic (exact) mass is 402 g/mol. The van der Waals surface area contributed by atoms with Gasteiger partial charge in [-0.1, -0.05) is 62.2 Å². The zero-order valence-electron chi connectivity index (χ0n) is 10.8. The summed E-state index contributed by atoms with van der Waals surface area (Å²) in [4.78, 5) is 0. The molecule has 2 aromatic carbocycles. The Labute approximate surface area is 134 Å². The first-order valence-electron chi connectivity index (χ1n) is 6.23. The lowest BCUT2D eigenvalue weighted by Crippen LogP contribution is -2.33. The summed E-state index contributed by atoms with van der Waals surface area (Å²) < 4.78 is 27.2. The lowest BCUT2D eigenvalue weighted by atomic mass is 9.79. The smallest absolute Gasteiger partial charge is 0.126 e. The largest absolute Gasteiger partial charge is 0.207 e. The van der Waals surface area contributed by atoms with E-state index in [2.05, 4.69) is 31.9 Å². The van der Waals surface area contributed by atoms with Gasteiger partial charge in [0.25, 0.3) is 0 Å². The average Bonchev–Trinajstić information content (AvgIpc) is 2.49. The van der Waals surface area contributed by atoms with Crippen molar-refractivity contribution in [2.24, 2.45) is 0 Å². The van der Waals surface area contributed by atoms with Crippen LogP contribution in [0, 0.1) is 11.6 Å². The minimum atomic E-state index is -0.410. The fourth-order valence-electron chi connectivity index (χ4n) is 2.22. The van der Waals surface area contributed by atoms with Crippen molar-refractivity contribution in [2.75, 3.05) is 10.7 Å². The minimum absolute atomic E-state index is 0.310. The molecule has 0 heterocycles. The van der Waals surface area contributed by atoms with Crippen LogP contribution < -0.4 is 0 Å². The number of rotatable bonds is 5. The molecule has 0 aliphatic heterocycles. The SMILES string of the molecule is Fc1ccc(F)c(CC(CBr)(CBr)c2ccccc2)c1. The van der Waals surface area contributed by atoms with Gasteiger partial charge in [0, 0.05) is 16.1 Å². The summed E-state index contributed by atoms with van der Waals surface area (Å²) in [6, 6.07) is 13.5. The highest BCUT2D eigenvalue weighted by Gasteiger charge is 2.31. The van der Waals surface area contributed by atoms with E-state index in [0.29, 0.717) is 22.6 Å². The second kappa shape index (κ2) is 6.81. The molecule has 20 heavy (non-hydrogen) atoms. The van der Waals surface area contributed by atoms with Crippen LogP contribution in [0.1, 0.15) is 11.1 Å². The van der Waals surface area contributed by atoms with Gasteiger partial charge >= 0.3 is 0 Å². The van der Waals surface area contributed by atoms with Crippen LogP contribution in [0.15, 0.2) is 48.5 Å². The van der Waals surface area contributed by atoms with E-state index in [1.165, 1.54) is 12.1 Å². The first-order chi connectivity index (χ1) is 9.61. The van der Waals surface area contributed by atoms with Crippen LogP contribution in [0.2, 0.25) is 0 Å². The molecule has 0 aromatic heterocycles. The standard InChI is InChI=1S/C16H14Br2F2/c17-10-16(11-18,13-4-2-1-3-5-13)9-12-8-14(19)6-7-15(12)20/h1-8H,9-11H2. The van der Waals surface area contributed by atoms with Crippen LogP contribution in [0.5, 0.6) is 0 Å². The quantitative estimate of drug-likeness (QED) is 0.599. The Morgan fingerprint density at radius 1 is 0.900 bits per heavy atom. The first-order valence-corrected chi connectivity index (χ1v) is 8.47. The molecule has 2 rings (SSSR count). The van der Waals surface area contributed by atoms with Crippen molar-refractivity contribution in [3.63, 3.8) is 0 Å². The molecular weight excluding hydrogens is 390 g/mol. The molecule has 0 fully saturated rings. The van der Waals surface area contributed by atoms with E-state index >= 15 is 0 Å². The van der Waals surface area contributed by atoms with E-state index in [1.54, 1.807) is 0 Å². The predicted molar refractivity (Wildman–Crippen MR) is 85.8 cm³/mol. The Kier molecular flexibility index (Phi) is 5.33. The van der Waals surface area contributed by atoms with Crippen LogP contribution in [-0.2, 0) is 11.8 Å². The molecule has 0 unspecified atom stereocenters. The van der Waals surface area contributed by atoms with Gasteiger partial charge in [-0.25, -0.2) is 8.78 Å². The van der Waals surface area contributed by atoms with Gasteiger partial charge in [0.05, 0.1) is 0 Å². The van der Waals surface area contributed by atoms with Crippen molar-refractivity contribution >= 4 is 31.9 Å². The van der Waals surface area contributed by atoms with Crippen molar-refractivity contribution in [1.29, 1.82) is 0 Å². The van der Waals surface area contributed by atoms with E-state index < -0.39 is 5.82 Å². The lowest BCUT2D eigenvalue weighted by molar-refractivity contribution is 0.516. The highest BCUT2D eigenvalue weighted by molar-refractivity contribution is 9.09. The van der Waals surface area contributed by atoms with Crippen LogP contribution in [0.3, 0.4) is 0 Å². The van der Waals surface area contributed by atoms with Gasteiger partial charge in [-0.3, -0.25) is 0 Å². The zero-order valence-corrected chi connectivity index (χ0v) is 13.9. The Bertz CT molecular complexity index is 566. The van der Waals surface area contributed by atoms with Gasteiger partial charge < -0.3 is 0 Å². The van der Waals surface area contributed by atoms with E-state index in [-0.39, 0.29) is 11.2 Å². The van der Waals surface area contributed by atoms with E-state index in [0.717, 1.165) is 11.6 Å². The third kappa shape index (κ3) is 3.29. The van der Waals surface area contributed by atoms with Crippen molar-refractivity contribution in [3.8, 4) is 0 Å². The third-order valence-corrected chi connectivity index (χ3v) is 5.58. The van der Waals surface area contributed by atoms with E-state index in [1.807, 2.05) is 30.3 Å². The summed E-state index contributed by atoms with van der Waals surface area (Å²) in [5.74, 6) is -0.777. The molecule has 0 saturated carbocycles. The van der Waals surface area contributed by atoms with Crippen LogP contribution >= 0.6 is 31.9 Å². The lowest BCUT2D eigenvalue weighted by Gasteiger charge is -2.31. The summed E-state index contributed by atoms with van der Waals surface area (Å²) >= 11 is 7.05. The number of alkyl halides is 2. The molecule has 0 nitrogen and oxygen atoms in total. The highest BCUT2D eigenvalue weighted by Crippen LogP contribution is 2.33. The molecule has 0 aliphatic carbocycles. The summed E-state index contributed by atoms with van der Waals surface area (Å²) in [5, 5.41) is 1.32. The summed E-state index contributed by atoms with van der Waals surface area (Å²) in [5.41, 5.74) is 1.18. The molecule has 0 bridgehead atoms. The van der Waals surface area contributed by atoms with Crippen LogP contribution in [-0.4, -0.2) is 10.7 Å². The van der Waals surface area contributed by atoms with Gasteiger partial charge in [0.2, 0.25) is 0 Å². The summed E-state index contributed by atoms with van der Waals surface area (Å²) in [6.07, 6.45) is 0.428. The summed E-state index contributed by atoms with van der Waals surface area (Å²) in [6.45, 7) is 0. The minimum Gasteiger partial charge on any atom is -0.207 e. The van der Waals surface area contributed by atoms with Crippen molar-refractivity contribution in [2.45, 2.75) is 11.8 Å². The average molecular weight is 404 g/mol. The fourth-order valence-corrected chi connectivity index (χ4v) is 4.19. The maximum Gasteiger partial charge on any atom is 0.126 e. The van der Waals surface area contributed by atoms with Crippen LogP contribution in [0.25, 0.3) is 0 Å². The van der Waals surface area contributed by atoms with Gasteiger partial charge in [0.15, 0.2) is 0 Å². The van der Waals surface area contributed by atoms with E-state index in [4.69, 9.17) is 0 Å². The van der Waals surface area contributed by atoms with Crippen molar-refractivity contribution < 1.29 is 8.78 Å². The number of hydrogen-bond acceptors (Lipinski definition) is 0. The Hall–Kier alpha value is -0.740. The van der Waals surface area contributed by atoms with Gasteiger partial charge in [-0.15, -0.1) is 0 Å². The molecule has 4 heteroatoms. The maximum absolute atomic E-state index is 13.9. The normalized spacial score (nSPS) is 11.6. The third-order valence-electron chi connectivity index (χ3n) is 3.43. The molecule has 0 radical (unpaired) electrons. The maximum atomic E-state index is 13.9. The first kappa shape index (κ1) is 15.6. The Balaban J connectivity index is 2.42. The van der Waals surface area contributed by atoms with Crippen LogP contribution in [0.4, 0.5) is 8.78 Å². The molecule has 106 valence electrons. The molecule has 0 aliphatic rings. The second-order valence-electron chi connectivity index (χ2n) is 4.83. The highest BCUT2D eigenvalue weighted by atomic mass is 79.9. The zero-order chi connectivity index (χ0) is 14.6. The van der Waals surface area contributed by atoms with Gasteiger partial charge in [-0.2, -0.15) is 0 Å². The Morgan fingerprint density at radius 3 is 2.15 bits per heavy atom. The molecule has 0 spiro atoms. The number of benzene rings is 2. The molecule has 0 amide bonds. The molecular formula is C16H14Br2F2. The summed E-state index contributed by atoms with van der Waals surface area (Å²) in [7, 11) is 0. The Morgan fingerprint density at radius 2 is 1.55 bits per heavy atom. The molecule has 0 atom stereocenters. The fraction of sp³-hybridized carbons (Fsp3) is 0.250.